The van der Waals surface area contributed by atoms with Crippen LogP contribution in [0.15, 0.2) is 12.4 Å². The summed E-state index contributed by atoms with van der Waals surface area (Å²) in [4.78, 5) is 32.7. The van der Waals surface area contributed by atoms with Crippen molar-refractivity contribution in [1.82, 2.24) is 14.3 Å². The van der Waals surface area contributed by atoms with Crippen molar-refractivity contribution in [3.8, 4) is 0 Å². The Morgan fingerprint density at radius 1 is 1.38 bits per heavy atom. The summed E-state index contributed by atoms with van der Waals surface area (Å²) in [6.45, 7) is 8.17. The minimum atomic E-state index is -0.525. The van der Waals surface area contributed by atoms with Gasteiger partial charge in [0.15, 0.2) is 0 Å². The summed E-state index contributed by atoms with van der Waals surface area (Å²) in [7, 11) is 0. The molecule has 0 aliphatic carbocycles. The standard InChI is InChI=1S/C17H22N4O3S2/c1-10-11(14(22)20-15-18-9-19-26-15)8-13(25-10)12-6-5-7-21(12)16(23)24-17(2,3)4/h8-9,12H,5-7H2,1-4H3,(H,18,19,20,22). The maximum Gasteiger partial charge on any atom is 0.410 e. The zero-order chi connectivity index (χ0) is 18.9. The van der Waals surface area contributed by atoms with Crippen LogP contribution in [0.3, 0.4) is 0 Å². The number of carbonyl (C=O) groups is 2. The van der Waals surface area contributed by atoms with E-state index in [9.17, 15) is 9.59 Å². The average molecular weight is 395 g/mol. The van der Waals surface area contributed by atoms with E-state index in [0.717, 1.165) is 34.1 Å². The highest BCUT2D eigenvalue weighted by Crippen LogP contribution is 2.38. The molecule has 140 valence electrons. The first-order chi connectivity index (χ1) is 12.2. The number of nitrogens with zero attached hydrogens (tertiary/aromatic N) is 3. The van der Waals surface area contributed by atoms with E-state index in [1.807, 2.05) is 33.8 Å². The van der Waals surface area contributed by atoms with Gasteiger partial charge >= 0.3 is 6.09 Å². The molecule has 0 spiro atoms. The molecule has 1 saturated heterocycles. The first-order valence-electron chi connectivity index (χ1n) is 8.42. The smallest absolute Gasteiger partial charge is 0.410 e. The predicted octanol–water partition coefficient (Wildman–Crippen LogP) is 4.23. The third-order valence-electron chi connectivity index (χ3n) is 3.97. The van der Waals surface area contributed by atoms with Crippen LogP contribution in [0.4, 0.5) is 9.93 Å². The Hall–Kier alpha value is -2.00. The van der Waals surface area contributed by atoms with Gasteiger partial charge in [-0.15, -0.1) is 11.3 Å². The lowest BCUT2D eigenvalue weighted by atomic mass is 10.1. The quantitative estimate of drug-likeness (QED) is 0.842. The van der Waals surface area contributed by atoms with Crippen molar-refractivity contribution in [3.05, 3.63) is 27.7 Å². The molecule has 2 aromatic heterocycles. The first-order valence-corrected chi connectivity index (χ1v) is 10.0. The van der Waals surface area contributed by atoms with E-state index in [4.69, 9.17) is 4.74 Å². The van der Waals surface area contributed by atoms with E-state index in [2.05, 4.69) is 14.7 Å². The zero-order valence-electron chi connectivity index (χ0n) is 15.2. The summed E-state index contributed by atoms with van der Waals surface area (Å²) in [6, 6.07) is 1.83. The molecule has 1 aliphatic heterocycles. The fraction of sp³-hybridized carbons (Fsp3) is 0.529. The zero-order valence-corrected chi connectivity index (χ0v) is 16.9. The number of aromatic nitrogens is 2. The molecule has 0 saturated carbocycles. The summed E-state index contributed by atoms with van der Waals surface area (Å²) in [5, 5.41) is 3.23. The molecule has 1 unspecified atom stereocenters. The second-order valence-corrected chi connectivity index (χ2v) is 9.22. The van der Waals surface area contributed by atoms with Crippen LogP contribution >= 0.6 is 22.9 Å². The lowest BCUT2D eigenvalue weighted by Crippen LogP contribution is -2.36. The molecule has 0 radical (unpaired) electrons. The summed E-state index contributed by atoms with van der Waals surface area (Å²) in [5.74, 6) is -0.205. The summed E-state index contributed by atoms with van der Waals surface area (Å²) in [5.41, 5.74) is 0.0822. The molecule has 7 nitrogen and oxygen atoms in total. The fourth-order valence-electron chi connectivity index (χ4n) is 2.89. The Balaban J connectivity index is 1.77. The minimum absolute atomic E-state index is 0.0448. The molecule has 26 heavy (non-hydrogen) atoms. The van der Waals surface area contributed by atoms with Gasteiger partial charge in [0.25, 0.3) is 5.91 Å². The lowest BCUT2D eigenvalue weighted by Gasteiger charge is -2.28. The Labute approximate surface area is 160 Å². The van der Waals surface area contributed by atoms with Crippen molar-refractivity contribution in [1.29, 1.82) is 0 Å². The lowest BCUT2D eigenvalue weighted by molar-refractivity contribution is 0.0227. The Morgan fingerprint density at radius 2 is 2.15 bits per heavy atom. The van der Waals surface area contributed by atoms with Crippen LogP contribution in [0.1, 0.15) is 59.8 Å². The number of nitrogens with one attached hydrogen (secondary N) is 1. The number of thiophene rings is 1. The SMILES string of the molecule is Cc1sc(C2CCCN2C(=O)OC(C)(C)C)cc1C(=O)Nc1ncns1. The minimum Gasteiger partial charge on any atom is -0.444 e. The number of hydrogen-bond donors (Lipinski definition) is 1. The van der Waals surface area contributed by atoms with E-state index < -0.39 is 5.60 Å². The van der Waals surface area contributed by atoms with Crippen LogP contribution in [-0.2, 0) is 4.74 Å². The van der Waals surface area contributed by atoms with Gasteiger partial charge in [-0.3, -0.25) is 10.1 Å². The molecule has 1 aliphatic rings. The fourth-order valence-corrected chi connectivity index (χ4v) is 4.49. The van der Waals surface area contributed by atoms with Crippen molar-refractivity contribution in [2.24, 2.45) is 0 Å². The van der Waals surface area contributed by atoms with Gasteiger partial charge < -0.3 is 9.64 Å². The predicted molar refractivity (Wildman–Crippen MR) is 102 cm³/mol. The highest BCUT2D eigenvalue weighted by Gasteiger charge is 2.34. The number of ether oxygens (including phenoxy) is 1. The van der Waals surface area contributed by atoms with Gasteiger partial charge in [-0.05, 0) is 46.6 Å². The molecule has 2 aromatic rings. The van der Waals surface area contributed by atoms with Crippen LogP contribution in [0.5, 0.6) is 0 Å². The van der Waals surface area contributed by atoms with Crippen LogP contribution < -0.4 is 5.32 Å². The van der Waals surface area contributed by atoms with E-state index in [-0.39, 0.29) is 18.0 Å². The van der Waals surface area contributed by atoms with Gasteiger partial charge in [0.05, 0.1) is 11.6 Å². The third kappa shape index (κ3) is 4.21. The summed E-state index contributed by atoms with van der Waals surface area (Å²) < 4.78 is 9.40. The van der Waals surface area contributed by atoms with Gasteiger partial charge in [0, 0.05) is 27.8 Å². The Morgan fingerprint density at radius 3 is 2.81 bits per heavy atom. The maximum atomic E-state index is 12.5. The van der Waals surface area contributed by atoms with Crippen molar-refractivity contribution in [2.75, 3.05) is 11.9 Å². The number of carbonyl (C=O) groups excluding carboxylic acids is 2. The van der Waals surface area contributed by atoms with E-state index >= 15 is 0 Å². The molecule has 0 bridgehead atoms. The normalized spacial score (nSPS) is 17.4. The van der Waals surface area contributed by atoms with Crippen LogP contribution in [0, 0.1) is 6.92 Å². The second kappa shape index (κ2) is 7.32. The molecule has 3 rings (SSSR count). The molecule has 1 atom stereocenters. The van der Waals surface area contributed by atoms with Crippen molar-refractivity contribution >= 4 is 40.0 Å². The highest BCUT2D eigenvalue weighted by atomic mass is 32.1. The van der Waals surface area contributed by atoms with Crippen LogP contribution in [0.25, 0.3) is 0 Å². The largest absolute Gasteiger partial charge is 0.444 e. The van der Waals surface area contributed by atoms with Crippen molar-refractivity contribution < 1.29 is 14.3 Å². The van der Waals surface area contributed by atoms with Gasteiger partial charge in [-0.1, -0.05) is 0 Å². The summed E-state index contributed by atoms with van der Waals surface area (Å²) >= 11 is 2.68. The molecule has 9 heteroatoms. The molecule has 2 amide bonds. The Kier molecular flexibility index (Phi) is 5.29. The van der Waals surface area contributed by atoms with Gasteiger partial charge in [0.1, 0.15) is 11.9 Å². The van der Waals surface area contributed by atoms with Gasteiger partial charge in [-0.25, -0.2) is 9.78 Å². The van der Waals surface area contributed by atoms with Gasteiger partial charge in [-0.2, -0.15) is 4.37 Å². The molecule has 3 heterocycles. The second-order valence-electron chi connectivity index (χ2n) is 7.15. The number of hydrogen-bond acceptors (Lipinski definition) is 7. The highest BCUT2D eigenvalue weighted by molar-refractivity contribution is 7.12. The van der Waals surface area contributed by atoms with E-state index in [1.165, 1.54) is 6.33 Å². The third-order valence-corrected chi connectivity index (χ3v) is 5.70. The van der Waals surface area contributed by atoms with Crippen LogP contribution in [0.2, 0.25) is 0 Å². The molecule has 0 aromatic carbocycles. The van der Waals surface area contributed by atoms with Gasteiger partial charge in [0.2, 0.25) is 5.13 Å². The average Bonchev–Trinajstić information content (AvgIpc) is 3.24. The molecule has 1 fully saturated rings. The summed E-state index contributed by atoms with van der Waals surface area (Å²) in [6.07, 6.45) is 2.90. The van der Waals surface area contributed by atoms with Crippen LogP contribution in [-0.4, -0.2) is 38.4 Å². The van der Waals surface area contributed by atoms with Crippen molar-refractivity contribution in [2.45, 2.75) is 52.2 Å². The molecular formula is C17H22N4O3S2. The number of amides is 2. The number of likely N-dealkylation sites (tertiary alicyclic amines) is 1. The molecule has 1 N–H and O–H groups in total. The van der Waals surface area contributed by atoms with E-state index in [1.54, 1.807) is 16.2 Å². The monoisotopic (exact) mass is 394 g/mol. The Bertz CT molecular complexity index is 796. The number of rotatable bonds is 3. The first kappa shape index (κ1) is 18.8. The van der Waals surface area contributed by atoms with Crippen molar-refractivity contribution in [3.63, 3.8) is 0 Å². The maximum absolute atomic E-state index is 12.5. The van der Waals surface area contributed by atoms with E-state index in [0.29, 0.717) is 17.2 Å². The number of aryl methyl sites for hydroxylation is 1. The number of anilines is 1. The topological polar surface area (TPSA) is 84.4 Å². The molecular weight excluding hydrogens is 372 g/mol.